The van der Waals surface area contributed by atoms with Crippen LogP contribution in [0.25, 0.3) is 11.3 Å². The molecule has 2 nitrogen and oxygen atoms in total. The third kappa shape index (κ3) is 1.37. The zero-order valence-electron chi connectivity index (χ0n) is 6.80. The predicted molar refractivity (Wildman–Crippen MR) is 46.9 cm³/mol. The second-order valence-corrected chi connectivity index (χ2v) is 3.01. The van der Waals surface area contributed by atoms with E-state index in [0.29, 0.717) is 0 Å². The summed E-state index contributed by atoms with van der Waals surface area (Å²) >= 11 is 5.63. The summed E-state index contributed by atoms with van der Waals surface area (Å²) in [7, 11) is 0. The van der Waals surface area contributed by atoms with Crippen LogP contribution in [-0.2, 0) is 0 Å². The molecule has 1 aromatic carbocycles. The molecule has 0 amide bonds. The summed E-state index contributed by atoms with van der Waals surface area (Å²) < 4.78 is 30.9. The average Bonchev–Trinajstić information content (AvgIpc) is 2.52. The van der Waals surface area contributed by atoms with Gasteiger partial charge in [0.2, 0.25) is 0 Å². The first kappa shape index (κ1) is 9.15. The van der Waals surface area contributed by atoms with Crippen LogP contribution in [-0.4, -0.2) is 5.16 Å². The van der Waals surface area contributed by atoms with Crippen molar-refractivity contribution in [2.24, 2.45) is 0 Å². The third-order valence-corrected chi connectivity index (χ3v) is 1.99. The van der Waals surface area contributed by atoms with Gasteiger partial charge in [0, 0.05) is 0 Å². The fraction of sp³-hybridized carbons (Fsp3) is 0. The van der Waals surface area contributed by atoms with Crippen LogP contribution in [0.3, 0.4) is 0 Å². The monoisotopic (exact) mass is 215 g/mol. The van der Waals surface area contributed by atoms with Crippen LogP contribution in [0.5, 0.6) is 0 Å². The summed E-state index contributed by atoms with van der Waals surface area (Å²) in [5, 5.41) is 3.50. The minimum absolute atomic E-state index is 0.0257. The highest BCUT2D eigenvalue weighted by molar-refractivity contribution is 6.32. The lowest BCUT2D eigenvalue weighted by Gasteiger charge is -1.99. The van der Waals surface area contributed by atoms with Gasteiger partial charge >= 0.3 is 0 Å². The van der Waals surface area contributed by atoms with Gasteiger partial charge in [0.1, 0.15) is 28.6 Å². The molecule has 0 atom stereocenters. The fourth-order valence-electron chi connectivity index (χ4n) is 1.11. The van der Waals surface area contributed by atoms with Crippen molar-refractivity contribution < 1.29 is 13.3 Å². The Hall–Kier alpha value is -1.42. The molecule has 0 N–H and O–H groups in total. The SMILES string of the molecule is Fc1cccc(F)c1-c1nocc1Cl. The molecular weight excluding hydrogens is 212 g/mol. The van der Waals surface area contributed by atoms with E-state index in [9.17, 15) is 8.78 Å². The molecule has 2 rings (SSSR count). The van der Waals surface area contributed by atoms with Gasteiger partial charge in [-0.3, -0.25) is 0 Å². The molecule has 0 aliphatic heterocycles. The average molecular weight is 216 g/mol. The van der Waals surface area contributed by atoms with Gasteiger partial charge in [-0.2, -0.15) is 0 Å². The third-order valence-electron chi connectivity index (χ3n) is 1.73. The van der Waals surface area contributed by atoms with Gasteiger partial charge in [-0.15, -0.1) is 0 Å². The van der Waals surface area contributed by atoms with E-state index in [2.05, 4.69) is 9.68 Å². The van der Waals surface area contributed by atoms with Gasteiger partial charge < -0.3 is 4.52 Å². The van der Waals surface area contributed by atoms with E-state index in [0.717, 1.165) is 18.4 Å². The van der Waals surface area contributed by atoms with Crippen LogP contribution in [0.1, 0.15) is 0 Å². The van der Waals surface area contributed by atoms with Gasteiger partial charge in [-0.1, -0.05) is 22.8 Å². The van der Waals surface area contributed by atoms with Gasteiger partial charge in [0.15, 0.2) is 0 Å². The van der Waals surface area contributed by atoms with E-state index in [1.54, 1.807) is 0 Å². The molecule has 1 aromatic heterocycles. The molecule has 14 heavy (non-hydrogen) atoms. The number of halogens is 3. The lowest BCUT2D eigenvalue weighted by molar-refractivity contribution is 0.421. The van der Waals surface area contributed by atoms with Crippen LogP contribution < -0.4 is 0 Å². The maximum Gasteiger partial charge on any atom is 0.143 e. The molecule has 72 valence electrons. The van der Waals surface area contributed by atoms with Crippen LogP contribution in [0.4, 0.5) is 8.78 Å². The number of hydrogen-bond donors (Lipinski definition) is 0. The minimum Gasteiger partial charge on any atom is -0.363 e. The first-order valence-electron chi connectivity index (χ1n) is 3.74. The Morgan fingerprint density at radius 3 is 2.36 bits per heavy atom. The van der Waals surface area contributed by atoms with Crippen molar-refractivity contribution in [3.63, 3.8) is 0 Å². The van der Waals surface area contributed by atoms with Crippen molar-refractivity contribution in [3.05, 3.63) is 41.1 Å². The van der Waals surface area contributed by atoms with Crippen LogP contribution in [0.2, 0.25) is 5.02 Å². The van der Waals surface area contributed by atoms with Crippen LogP contribution in [0.15, 0.2) is 29.0 Å². The van der Waals surface area contributed by atoms with Crippen molar-refractivity contribution in [1.29, 1.82) is 0 Å². The summed E-state index contributed by atoms with van der Waals surface area (Å²) in [6.45, 7) is 0. The highest BCUT2D eigenvalue weighted by Gasteiger charge is 2.17. The summed E-state index contributed by atoms with van der Waals surface area (Å²) in [5.74, 6) is -1.44. The molecule has 0 aliphatic rings. The van der Waals surface area contributed by atoms with E-state index >= 15 is 0 Å². The molecule has 0 saturated heterocycles. The summed E-state index contributed by atoms with van der Waals surface area (Å²) in [4.78, 5) is 0. The van der Waals surface area contributed by atoms with E-state index in [1.807, 2.05) is 0 Å². The molecule has 0 saturated carbocycles. The molecule has 2 aromatic rings. The van der Waals surface area contributed by atoms with E-state index in [-0.39, 0.29) is 16.3 Å². The van der Waals surface area contributed by atoms with Crippen molar-refractivity contribution in [3.8, 4) is 11.3 Å². The van der Waals surface area contributed by atoms with Gasteiger partial charge in [0.25, 0.3) is 0 Å². The van der Waals surface area contributed by atoms with E-state index in [4.69, 9.17) is 11.6 Å². The summed E-state index contributed by atoms with van der Waals surface area (Å²) in [6, 6.07) is 3.52. The maximum absolute atomic E-state index is 13.2. The zero-order valence-corrected chi connectivity index (χ0v) is 7.55. The Labute approximate surface area is 83.1 Å². The van der Waals surface area contributed by atoms with Crippen LogP contribution in [0, 0.1) is 11.6 Å². The largest absolute Gasteiger partial charge is 0.363 e. The lowest BCUT2D eigenvalue weighted by atomic mass is 10.1. The molecule has 0 aliphatic carbocycles. The Morgan fingerprint density at radius 2 is 1.86 bits per heavy atom. The van der Waals surface area contributed by atoms with E-state index < -0.39 is 11.6 Å². The molecule has 0 unspecified atom stereocenters. The lowest BCUT2D eigenvalue weighted by Crippen LogP contribution is -1.89. The topological polar surface area (TPSA) is 26.0 Å². The molecule has 0 radical (unpaired) electrons. The van der Waals surface area contributed by atoms with Gasteiger partial charge in [-0.05, 0) is 12.1 Å². The Balaban J connectivity index is 2.68. The second-order valence-electron chi connectivity index (χ2n) is 2.61. The molecule has 0 bridgehead atoms. The van der Waals surface area contributed by atoms with Crippen LogP contribution >= 0.6 is 11.6 Å². The first-order chi connectivity index (χ1) is 6.70. The zero-order chi connectivity index (χ0) is 10.1. The van der Waals surface area contributed by atoms with Gasteiger partial charge in [-0.25, -0.2) is 8.78 Å². The molecule has 5 heteroatoms. The quantitative estimate of drug-likeness (QED) is 0.730. The van der Waals surface area contributed by atoms with Crippen molar-refractivity contribution in [2.45, 2.75) is 0 Å². The maximum atomic E-state index is 13.2. The predicted octanol–water partition coefficient (Wildman–Crippen LogP) is 3.27. The van der Waals surface area contributed by atoms with Crippen molar-refractivity contribution >= 4 is 11.6 Å². The molecular formula is C9H4ClF2NO. The van der Waals surface area contributed by atoms with Crippen molar-refractivity contribution in [2.75, 3.05) is 0 Å². The number of hydrogen-bond acceptors (Lipinski definition) is 2. The molecule has 1 heterocycles. The van der Waals surface area contributed by atoms with E-state index in [1.165, 1.54) is 6.07 Å². The number of benzene rings is 1. The number of aromatic nitrogens is 1. The standard InChI is InChI=1S/C9H4ClF2NO/c10-5-4-14-13-9(5)8-6(11)2-1-3-7(8)12/h1-4H. The fourth-order valence-corrected chi connectivity index (χ4v) is 1.28. The minimum atomic E-state index is -0.721. The van der Waals surface area contributed by atoms with Crippen molar-refractivity contribution in [1.82, 2.24) is 5.16 Å². The first-order valence-corrected chi connectivity index (χ1v) is 4.12. The molecule has 0 fully saturated rings. The number of nitrogens with zero attached hydrogens (tertiary/aromatic N) is 1. The summed E-state index contributed by atoms with van der Waals surface area (Å²) in [5.41, 5.74) is -0.298. The smallest absolute Gasteiger partial charge is 0.143 e. The Morgan fingerprint density at radius 1 is 1.21 bits per heavy atom. The summed E-state index contributed by atoms with van der Waals surface area (Å²) in [6.07, 6.45) is 1.11. The highest BCUT2D eigenvalue weighted by atomic mass is 35.5. The Bertz CT molecular complexity index is 449. The Kier molecular flexibility index (Phi) is 2.21. The normalized spacial score (nSPS) is 10.5. The highest BCUT2D eigenvalue weighted by Crippen LogP contribution is 2.30. The molecule has 0 spiro atoms. The number of rotatable bonds is 1. The van der Waals surface area contributed by atoms with Gasteiger partial charge in [0.05, 0.1) is 5.56 Å². The second kappa shape index (κ2) is 3.38.